The first-order chi connectivity index (χ1) is 12.3. The van der Waals surface area contributed by atoms with Crippen LogP contribution in [-0.4, -0.2) is 42.6 Å². The standard InChI is InChI=1S/C18H21N7/c1-24-10-7-19-17(24)16-13-22-15(12-23-16)11-14-3-8-25(9-4-14)18-20-5-2-6-21-18/h2,5-7,10,12-14H,3-4,8-9,11H2,1H3. The summed E-state index contributed by atoms with van der Waals surface area (Å²) in [6.07, 6.45) is 14.2. The van der Waals surface area contributed by atoms with E-state index in [2.05, 4.69) is 29.8 Å². The molecule has 4 rings (SSSR count). The van der Waals surface area contributed by atoms with Gasteiger partial charge >= 0.3 is 0 Å². The normalized spacial score (nSPS) is 15.5. The molecule has 25 heavy (non-hydrogen) atoms. The number of anilines is 1. The van der Waals surface area contributed by atoms with E-state index in [1.807, 2.05) is 36.3 Å². The summed E-state index contributed by atoms with van der Waals surface area (Å²) < 4.78 is 1.95. The Labute approximate surface area is 146 Å². The van der Waals surface area contributed by atoms with Crippen molar-refractivity contribution in [1.29, 1.82) is 0 Å². The number of imidazole rings is 1. The quantitative estimate of drug-likeness (QED) is 0.727. The van der Waals surface area contributed by atoms with Crippen molar-refractivity contribution < 1.29 is 0 Å². The molecule has 1 aliphatic heterocycles. The number of hydrogen-bond donors (Lipinski definition) is 0. The second-order valence-corrected chi connectivity index (χ2v) is 6.44. The first kappa shape index (κ1) is 15.7. The molecular formula is C18H21N7. The van der Waals surface area contributed by atoms with Crippen LogP contribution in [0.5, 0.6) is 0 Å². The Morgan fingerprint density at radius 1 is 0.960 bits per heavy atom. The molecule has 1 saturated heterocycles. The molecule has 0 atom stereocenters. The number of hydrogen-bond acceptors (Lipinski definition) is 6. The van der Waals surface area contributed by atoms with Crippen molar-refractivity contribution in [1.82, 2.24) is 29.5 Å². The van der Waals surface area contributed by atoms with Crippen LogP contribution in [0.1, 0.15) is 18.5 Å². The van der Waals surface area contributed by atoms with Gasteiger partial charge in [0.1, 0.15) is 5.69 Å². The first-order valence-corrected chi connectivity index (χ1v) is 8.60. The lowest BCUT2D eigenvalue weighted by Gasteiger charge is -2.31. The fraction of sp³-hybridized carbons (Fsp3) is 0.389. The Hall–Kier alpha value is -2.83. The maximum Gasteiger partial charge on any atom is 0.225 e. The van der Waals surface area contributed by atoms with E-state index in [1.54, 1.807) is 18.6 Å². The molecule has 7 heteroatoms. The van der Waals surface area contributed by atoms with E-state index < -0.39 is 0 Å². The van der Waals surface area contributed by atoms with E-state index in [9.17, 15) is 0 Å². The summed E-state index contributed by atoms with van der Waals surface area (Å²) in [6, 6.07) is 1.85. The maximum absolute atomic E-state index is 4.59. The fourth-order valence-electron chi connectivity index (χ4n) is 3.28. The van der Waals surface area contributed by atoms with Crippen LogP contribution < -0.4 is 4.90 Å². The summed E-state index contributed by atoms with van der Waals surface area (Å²) in [5, 5.41) is 0. The minimum atomic E-state index is 0.633. The summed E-state index contributed by atoms with van der Waals surface area (Å²) in [4.78, 5) is 24.4. The number of aromatic nitrogens is 6. The molecule has 0 unspecified atom stereocenters. The Kier molecular flexibility index (Phi) is 4.37. The third-order valence-electron chi connectivity index (χ3n) is 4.70. The topological polar surface area (TPSA) is 72.6 Å². The highest BCUT2D eigenvalue weighted by Crippen LogP contribution is 2.23. The molecule has 0 aromatic carbocycles. The van der Waals surface area contributed by atoms with E-state index in [0.717, 1.165) is 55.5 Å². The summed E-state index contributed by atoms with van der Waals surface area (Å²) in [7, 11) is 1.96. The fourth-order valence-corrected chi connectivity index (χ4v) is 3.28. The van der Waals surface area contributed by atoms with Gasteiger partial charge in [-0.15, -0.1) is 0 Å². The number of rotatable bonds is 4. The number of aryl methyl sites for hydroxylation is 1. The van der Waals surface area contributed by atoms with E-state index in [1.165, 1.54) is 0 Å². The zero-order valence-electron chi connectivity index (χ0n) is 14.3. The predicted molar refractivity (Wildman–Crippen MR) is 94.9 cm³/mol. The van der Waals surface area contributed by atoms with Gasteiger partial charge in [-0.2, -0.15) is 0 Å². The molecule has 0 N–H and O–H groups in total. The summed E-state index contributed by atoms with van der Waals surface area (Å²) >= 11 is 0. The van der Waals surface area contributed by atoms with Gasteiger partial charge in [0.05, 0.1) is 11.9 Å². The lowest BCUT2D eigenvalue weighted by molar-refractivity contribution is 0.397. The van der Waals surface area contributed by atoms with Crippen LogP contribution in [0.15, 0.2) is 43.2 Å². The van der Waals surface area contributed by atoms with Gasteiger partial charge in [-0.25, -0.2) is 19.9 Å². The van der Waals surface area contributed by atoms with E-state index in [0.29, 0.717) is 5.92 Å². The molecule has 1 fully saturated rings. The van der Waals surface area contributed by atoms with Crippen LogP contribution in [0.2, 0.25) is 0 Å². The molecule has 0 aliphatic carbocycles. The third kappa shape index (κ3) is 3.50. The number of piperidine rings is 1. The van der Waals surface area contributed by atoms with Crippen LogP contribution in [0, 0.1) is 5.92 Å². The SMILES string of the molecule is Cn1ccnc1-c1cnc(CC2CCN(c3ncccn3)CC2)cn1. The third-order valence-corrected chi connectivity index (χ3v) is 4.70. The molecule has 0 spiro atoms. The van der Waals surface area contributed by atoms with Crippen molar-refractivity contribution in [3.05, 3.63) is 48.9 Å². The van der Waals surface area contributed by atoms with E-state index in [4.69, 9.17) is 0 Å². The van der Waals surface area contributed by atoms with Gasteiger partial charge in [0.2, 0.25) is 5.95 Å². The minimum absolute atomic E-state index is 0.633. The van der Waals surface area contributed by atoms with Gasteiger partial charge in [0, 0.05) is 51.1 Å². The Bertz CT molecular complexity index is 805. The van der Waals surface area contributed by atoms with Crippen molar-refractivity contribution in [3.8, 4) is 11.5 Å². The molecule has 3 aromatic rings. The van der Waals surface area contributed by atoms with Gasteiger partial charge in [0.15, 0.2) is 5.82 Å². The van der Waals surface area contributed by atoms with Crippen LogP contribution in [0.4, 0.5) is 5.95 Å². The van der Waals surface area contributed by atoms with Crippen molar-refractivity contribution in [2.75, 3.05) is 18.0 Å². The van der Waals surface area contributed by atoms with Crippen LogP contribution in [0.25, 0.3) is 11.5 Å². The summed E-state index contributed by atoms with van der Waals surface area (Å²) in [6.45, 7) is 1.99. The highest BCUT2D eigenvalue weighted by Gasteiger charge is 2.21. The maximum atomic E-state index is 4.59. The Balaban J connectivity index is 1.35. The minimum Gasteiger partial charge on any atom is -0.341 e. The van der Waals surface area contributed by atoms with Crippen molar-refractivity contribution in [2.45, 2.75) is 19.3 Å². The molecule has 7 nitrogen and oxygen atoms in total. The molecule has 0 amide bonds. The zero-order valence-corrected chi connectivity index (χ0v) is 14.3. The van der Waals surface area contributed by atoms with Crippen LogP contribution in [0.3, 0.4) is 0 Å². The Morgan fingerprint density at radius 2 is 1.76 bits per heavy atom. The first-order valence-electron chi connectivity index (χ1n) is 8.60. The zero-order chi connectivity index (χ0) is 17.1. The molecule has 1 aliphatic rings. The van der Waals surface area contributed by atoms with Gasteiger partial charge < -0.3 is 9.47 Å². The highest BCUT2D eigenvalue weighted by molar-refractivity contribution is 5.47. The van der Waals surface area contributed by atoms with Gasteiger partial charge in [-0.1, -0.05) is 0 Å². The number of nitrogens with zero attached hydrogens (tertiary/aromatic N) is 7. The van der Waals surface area contributed by atoms with Crippen molar-refractivity contribution >= 4 is 5.95 Å². The summed E-state index contributed by atoms with van der Waals surface area (Å²) in [5.74, 6) is 2.31. The van der Waals surface area contributed by atoms with E-state index in [-0.39, 0.29) is 0 Å². The average molecular weight is 335 g/mol. The molecule has 3 aromatic heterocycles. The van der Waals surface area contributed by atoms with Crippen molar-refractivity contribution in [3.63, 3.8) is 0 Å². The Morgan fingerprint density at radius 3 is 2.40 bits per heavy atom. The monoisotopic (exact) mass is 335 g/mol. The van der Waals surface area contributed by atoms with E-state index >= 15 is 0 Å². The molecule has 0 radical (unpaired) electrons. The average Bonchev–Trinajstić information content (AvgIpc) is 3.10. The van der Waals surface area contributed by atoms with Crippen molar-refractivity contribution in [2.24, 2.45) is 13.0 Å². The molecule has 0 saturated carbocycles. The smallest absolute Gasteiger partial charge is 0.225 e. The summed E-state index contributed by atoms with van der Waals surface area (Å²) in [5.41, 5.74) is 1.86. The lowest BCUT2D eigenvalue weighted by Crippen LogP contribution is -2.35. The van der Waals surface area contributed by atoms with Crippen LogP contribution in [-0.2, 0) is 13.5 Å². The molecular weight excluding hydrogens is 314 g/mol. The lowest BCUT2D eigenvalue weighted by atomic mass is 9.92. The highest BCUT2D eigenvalue weighted by atomic mass is 15.2. The second-order valence-electron chi connectivity index (χ2n) is 6.44. The molecule has 4 heterocycles. The van der Waals surface area contributed by atoms with Gasteiger partial charge in [-0.3, -0.25) is 4.98 Å². The van der Waals surface area contributed by atoms with Crippen LogP contribution >= 0.6 is 0 Å². The van der Waals surface area contributed by atoms with Gasteiger partial charge in [-0.05, 0) is 31.2 Å². The predicted octanol–water partition coefficient (Wildman–Crippen LogP) is 2.13. The second kappa shape index (κ2) is 6.96. The van der Waals surface area contributed by atoms with Gasteiger partial charge in [0.25, 0.3) is 0 Å². The largest absolute Gasteiger partial charge is 0.341 e. The molecule has 0 bridgehead atoms. The molecule has 128 valence electrons.